The van der Waals surface area contributed by atoms with Gasteiger partial charge in [0.25, 0.3) is 5.91 Å². The number of carbonyl (C=O) groups is 2. The summed E-state index contributed by atoms with van der Waals surface area (Å²) < 4.78 is 0. The number of carbonyl (C=O) groups excluding carboxylic acids is 2. The fourth-order valence-electron chi connectivity index (χ4n) is 2.54. The summed E-state index contributed by atoms with van der Waals surface area (Å²) in [5.74, 6) is -1.43. The zero-order chi connectivity index (χ0) is 15.4. The van der Waals surface area contributed by atoms with Crippen molar-refractivity contribution in [2.75, 3.05) is 25.0 Å². The summed E-state index contributed by atoms with van der Waals surface area (Å²) in [6, 6.07) is 5.40. The third-order valence-corrected chi connectivity index (χ3v) is 4.30. The lowest BCUT2D eigenvalue weighted by Gasteiger charge is -2.29. The molecule has 1 aromatic rings. The fraction of sp³-hybridized carbons (Fsp3) is 0.467. The van der Waals surface area contributed by atoms with Crippen molar-refractivity contribution in [2.45, 2.75) is 19.8 Å². The monoisotopic (exact) mass is 310 g/mol. The number of carboxylic acid groups (broad SMARTS) is 1. The number of hydrogen-bond donors (Lipinski definition) is 2. The molecule has 0 spiro atoms. The molecule has 6 heteroatoms. The molecule has 2 rings (SSSR count). The van der Waals surface area contributed by atoms with Gasteiger partial charge < -0.3 is 20.1 Å². The zero-order valence-corrected chi connectivity index (χ0v) is 12.7. The standard InChI is InChI=1S/C15H19ClN2O3/c1-10-2-3-12(8-13(10)16)17-14(19)9-18-6-4-11(5-7-18)15(20)21/h2-3,8,11H,4-7,9H2,1H3,(H,17,19)(H,20,21). The molecule has 0 aromatic heterocycles. The van der Waals surface area contributed by atoms with E-state index in [2.05, 4.69) is 5.32 Å². The van der Waals surface area contributed by atoms with Gasteiger partial charge in [-0.3, -0.25) is 4.79 Å². The van der Waals surface area contributed by atoms with Crippen molar-refractivity contribution in [1.82, 2.24) is 0 Å². The first-order valence-electron chi connectivity index (χ1n) is 7.06. The second-order valence-electron chi connectivity index (χ2n) is 5.53. The van der Waals surface area contributed by atoms with E-state index < -0.39 is 5.97 Å². The Kier molecular flexibility index (Phi) is 5.20. The third-order valence-electron chi connectivity index (χ3n) is 3.89. The molecular weight excluding hydrogens is 292 g/mol. The first-order chi connectivity index (χ1) is 9.95. The first kappa shape index (κ1) is 15.8. The molecule has 1 fully saturated rings. The summed E-state index contributed by atoms with van der Waals surface area (Å²) >= 11 is 6.02. The van der Waals surface area contributed by atoms with Gasteiger partial charge in [0.05, 0.1) is 13.1 Å². The molecule has 1 heterocycles. The highest BCUT2D eigenvalue weighted by molar-refractivity contribution is 6.31. The maximum atomic E-state index is 12.0. The SMILES string of the molecule is Cc1ccc(NC(=O)C[NH+]2CCC(C(=O)[O-])CC2)cc1Cl. The molecule has 1 aliphatic rings. The Morgan fingerprint density at radius 2 is 2.05 bits per heavy atom. The van der Waals surface area contributed by atoms with Crippen LogP contribution in [0.25, 0.3) is 0 Å². The summed E-state index contributed by atoms with van der Waals surface area (Å²) in [4.78, 5) is 23.9. The van der Waals surface area contributed by atoms with Gasteiger partial charge >= 0.3 is 0 Å². The van der Waals surface area contributed by atoms with E-state index in [9.17, 15) is 14.7 Å². The van der Waals surface area contributed by atoms with E-state index in [1.165, 1.54) is 0 Å². The predicted octanol–water partition coefficient (Wildman–Crippen LogP) is -0.368. The number of aryl methyl sites for hydroxylation is 1. The quantitative estimate of drug-likeness (QED) is 0.797. The van der Waals surface area contributed by atoms with Crippen molar-refractivity contribution in [1.29, 1.82) is 0 Å². The Balaban J connectivity index is 1.82. The number of amides is 1. The Labute approximate surface area is 128 Å². The second-order valence-corrected chi connectivity index (χ2v) is 5.94. The van der Waals surface area contributed by atoms with E-state index in [1.54, 1.807) is 6.07 Å². The van der Waals surface area contributed by atoms with Crippen LogP contribution in [-0.4, -0.2) is 31.5 Å². The molecule has 0 bridgehead atoms. The molecule has 0 aliphatic carbocycles. The van der Waals surface area contributed by atoms with Gasteiger partial charge in [-0.15, -0.1) is 0 Å². The summed E-state index contributed by atoms with van der Waals surface area (Å²) in [6.45, 7) is 3.60. The summed E-state index contributed by atoms with van der Waals surface area (Å²) in [7, 11) is 0. The molecular formula is C15H19ClN2O3. The number of quaternary nitrogens is 1. The molecule has 5 nitrogen and oxygen atoms in total. The van der Waals surface area contributed by atoms with Gasteiger partial charge in [-0.1, -0.05) is 17.7 Å². The number of likely N-dealkylation sites (tertiary alicyclic amines) is 1. The van der Waals surface area contributed by atoms with E-state index >= 15 is 0 Å². The van der Waals surface area contributed by atoms with Crippen LogP contribution >= 0.6 is 11.6 Å². The van der Waals surface area contributed by atoms with Gasteiger partial charge in [0, 0.05) is 35.4 Å². The Bertz CT molecular complexity index is 540. The predicted molar refractivity (Wildman–Crippen MR) is 78.1 cm³/mol. The van der Waals surface area contributed by atoms with Crippen LogP contribution in [0, 0.1) is 12.8 Å². The van der Waals surface area contributed by atoms with Crippen LogP contribution in [-0.2, 0) is 9.59 Å². The van der Waals surface area contributed by atoms with Crippen molar-refractivity contribution in [3.8, 4) is 0 Å². The minimum absolute atomic E-state index is 0.0863. The number of anilines is 1. The molecule has 1 saturated heterocycles. The highest BCUT2D eigenvalue weighted by Gasteiger charge is 2.24. The minimum Gasteiger partial charge on any atom is -0.550 e. The molecule has 2 N–H and O–H groups in total. The molecule has 1 aliphatic heterocycles. The normalized spacial score (nSPS) is 21.8. The molecule has 0 radical (unpaired) electrons. The third kappa shape index (κ3) is 4.44. The lowest BCUT2D eigenvalue weighted by molar-refractivity contribution is -0.897. The Hall–Kier alpha value is -1.59. The van der Waals surface area contributed by atoms with Crippen molar-refractivity contribution in [3.05, 3.63) is 28.8 Å². The van der Waals surface area contributed by atoms with Crippen LogP contribution in [0.15, 0.2) is 18.2 Å². The van der Waals surface area contributed by atoms with E-state index in [1.807, 2.05) is 19.1 Å². The summed E-state index contributed by atoms with van der Waals surface area (Å²) in [5, 5.41) is 14.2. The number of hydrogen-bond acceptors (Lipinski definition) is 3. The topological polar surface area (TPSA) is 73.7 Å². The van der Waals surface area contributed by atoms with Gasteiger partial charge in [-0.05, 0) is 24.6 Å². The molecule has 0 unspecified atom stereocenters. The fourth-order valence-corrected chi connectivity index (χ4v) is 2.72. The number of aliphatic carboxylic acids is 1. The van der Waals surface area contributed by atoms with Crippen LogP contribution in [0.3, 0.4) is 0 Å². The van der Waals surface area contributed by atoms with Crippen molar-refractivity contribution >= 4 is 29.2 Å². The van der Waals surface area contributed by atoms with Crippen LogP contribution in [0.1, 0.15) is 18.4 Å². The van der Waals surface area contributed by atoms with E-state index in [0.717, 1.165) is 10.5 Å². The van der Waals surface area contributed by atoms with E-state index in [0.29, 0.717) is 43.2 Å². The zero-order valence-electron chi connectivity index (χ0n) is 11.9. The summed E-state index contributed by atoms with van der Waals surface area (Å²) in [5.41, 5.74) is 1.64. The minimum atomic E-state index is -0.979. The van der Waals surface area contributed by atoms with E-state index in [4.69, 9.17) is 11.6 Å². The summed E-state index contributed by atoms with van der Waals surface area (Å²) in [6.07, 6.45) is 1.14. The van der Waals surface area contributed by atoms with Crippen LogP contribution in [0.4, 0.5) is 5.69 Å². The molecule has 0 saturated carbocycles. The number of rotatable bonds is 4. The lowest BCUT2D eigenvalue weighted by Crippen LogP contribution is -3.14. The second kappa shape index (κ2) is 6.91. The van der Waals surface area contributed by atoms with Crippen molar-refractivity contribution in [3.63, 3.8) is 0 Å². The number of carboxylic acids is 1. The van der Waals surface area contributed by atoms with Crippen LogP contribution < -0.4 is 15.3 Å². The molecule has 1 aromatic carbocycles. The Morgan fingerprint density at radius 3 is 2.62 bits per heavy atom. The van der Waals surface area contributed by atoms with Crippen LogP contribution in [0.5, 0.6) is 0 Å². The highest BCUT2D eigenvalue weighted by atomic mass is 35.5. The van der Waals surface area contributed by atoms with Gasteiger partial charge in [-0.25, -0.2) is 0 Å². The molecule has 114 valence electrons. The smallest absolute Gasteiger partial charge is 0.279 e. The lowest BCUT2D eigenvalue weighted by atomic mass is 9.97. The largest absolute Gasteiger partial charge is 0.550 e. The number of nitrogens with one attached hydrogen (secondary N) is 2. The molecule has 1 amide bonds. The van der Waals surface area contributed by atoms with Crippen LogP contribution in [0.2, 0.25) is 5.02 Å². The first-order valence-corrected chi connectivity index (χ1v) is 7.44. The molecule has 21 heavy (non-hydrogen) atoms. The van der Waals surface area contributed by atoms with E-state index in [-0.39, 0.29) is 11.8 Å². The number of halogens is 1. The molecule has 0 atom stereocenters. The number of piperidine rings is 1. The average molecular weight is 311 g/mol. The van der Waals surface area contributed by atoms with Gasteiger partial charge in [0.15, 0.2) is 6.54 Å². The average Bonchev–Trinajstić information content (AvgIpc) is 2.43. The number of benzene rings is 1. The maximum absolute atomic E-state index is 12.0. The van der Waals surface area contributed by atoms with Gasteiger partial charge in [-0.2, -0.15) is 0 Å². The van der Waals surface area contributed by atoms with Gasteiger partial charge in [0.2, 0.25) is 0 Å². The van der Waals surface area contributed by atoms with Crippen molar-refractivity contribution < 1.29 is 19.6 Å². The maximum Gasteiger partial charge on any atom is 0.279 e. The van der Waals surface area contributed by atoms with Gasteiger partial charge in [0.1, 0.15) is 0 Å². The Morgan fingerprint density at radius 1 is 1.38 bits per heavy atom. The highest BCUT2D eigenvalue weighted by Crippen LogP contribution is 2.19. The van der Waals surface area contributed by atoms with Crippen molar-refractivity contribution in [2.24, 2.45) is 5.92 Å².